The summed E-state index contributed by atoms with van der Waals surface area (Å²) in [5.41, 5.74) is 0.206. The molecule has 112 valence electrons. The van der Waals surface area contributed by atoms with Gasteiger partial charge < -0.3 is 10.1 Å². The van der Waals surface area contributed by atoms with Gasteiger partial charge >= 0.3 is 6.18 Å². The topological polar surface area (TPSA) is 21.3 Å². The molecule has 0 heterocycles. The SMILES string of the molecule is CNCc1ccc(Oc2ccccc2C(F)(F)F)c(Br)c1. The van der Waals surface area contributed by atoms with Gasteiger partial charge in [0.2, 0.25) is 0 Å². The van der Waals surface area contributed by atoms with Crippen molar-refractivity contribution in [1.82, 2.24) is 5.32 Å². The Morgan fingerprint density at radius 2 is 1.81 bits per heavy atom. The molecule has 1 N–H and O–H groups in total. The van der Waals surface area contributed by atoms with E-state index in [-0.39, 0.29) is 5.75 Å². The number of hydrogen-bond donors (Lipinski definition) is 1. The highest BCUT2D eigenvalue weighted by Crippen LogP contribution is 2.39. The van der Waals surface area contributed by atoms with Crippen LogP contribution in [0.3, 0.4) is 0 Å². The molecular formula is C15H13BrF3NO. The number of alkyl halides is 3. The van der Waals surface area contributed by atoms with Crippen molar-refractivity contribution >= 4 is 15.9 Å². The van der Waals surface area contributed by atoms with E-state index in [1.807, 2.05) is 13.1 Å². The lowest BCUT2D eigenvalue weighted by Crippen LogP contribution is -2.07. The van der Waals surface area contributed by atoms with Gasteiger partial charge in [-0.05, 0) is 52.8 Å². The van der Waals surface area contributed by atoms with E-state index in [0.29, 0.717) is 16.8 Å². The van der Waals surface area contributed by atoms with Gasteiger partial charge in [0.15, 0.2) is 0 Å². The predicted octanol–water partition coefficient (Wildman–Crippen LogP) is 4.98. The molecule has 0 bridgehead atoms. The van der Waals surface area contributed by atoms with Gasteiger partial charge in [0.1, 0.15) is 11.5 Å². The van der Waals surface area contributed by atoms with Crippen molar-refractivity contribution < 1.29 is 17.9 Å². The van der Waals surface area contributed by atoms with Crippen LogP contribution in [0.2, 0.25) is 0 Å². The summed E-state index contributed by atoms with van der Waals surface area (Å²) in [6, 6.07) is 10.4. The standard InChI is InChI=1S/C15H13BrF3NO/c1-20-9-10-6-7-14(12(16)8-10)21-13-5-3-2-4-11(13)15(17,18)19/h2-8,20H,9H2,1H3. The van der Waals surface area contributed by atoms with Crippen LogP contribution in [-0.2, 0) is 12.7 Å². The van der Waals surface area contributed by atoms with E-state index in [0.717, 1.165) is 11.6 Å². The molecule has 0 aliphatic carbocycles. The molecule has 2 aromatic carbocycles. The highest BCUT2D eigenvalue weighted by atomic mass is 79.9. The molecule has 0 radical (unpaired) electrons. The summed E-state index contributed by atoms with van der Waals surface area (Å²) < 4.78 is 44.8. The average Bonchev–Trinajstić information content (AvgIpc) is 2.42. The van der Waals surface area contributed by atoms with Crippen molar-refractivity contribution in [2.75, 3.05) is 7.05 Å². The molecule has 2 aromatic rings. The van der Waals surface area contributed by atoms with E-state index < -0.39 is 11.7 Å². The summed E-state index contributed by atoms with van der Waals surface area (Å²) in [5, 5.41) is 3.00. The minimum atomic E-state index is -4.45. The molecule has 21 heavy (non-hydrogen) atoms. The Hall–Kier alpha value is -1.53. The third kappa shape index (κ3) is 3.98. The Morgan fingerprint density at radius 3 is 2.43 bits per heavy atom. The van der Waals surface area contributed by atoms with Gasteiger partial charge in [0.05, 0.1) is 10.0 Å². The molecule has 2 rings (SSSR count). The van der Waals surface area contributed by atoms with Crippen LogP contribution in [0.15, 0.2) is 46.9 Å². The normalized spacial score (nSPS) is 11.5. The number of para-hydroxylation sites is 1. The molecule has 0 aromatic heterocycles. The second-order valence-corrected chi connectivity index (χ2v) is 5.25. The molecular weight excluding hydrogens is 347 g/mol. The zero-order valence-corrected chi connectivity index (χ0v) is 12.8. The molecule has 0 spiro atoms. The maximum atomic E-state index is 12.9. The third-order valence-electron chi connectivity index (χ3n) is 2.79. The van der Waals surface area contributed by atoms with E-state index in [4.69, 9.17) is 4.74 Å². The Bertz CT molecular complexity index is 629. The fourth-order valence-electron chi connectivity index (χ4n) is 1.85. The lowest BCUT2D eigenvalue weighted by molar-refractivity contribution is -0.138. The second kappa shape index (κ2) is 6.49. The molecule has 2 nitrogen and oxygen atoms in total. The van der Waals surface area contributed by atoms with Gasteiger partial charge in [-0.1, -0.05) is 18.2 Å². The highest BCUT2D eigenvalue weighted by Gasteiger charge is 2.34. The van der Waals surface area contributed by atoms with Crippen molar-refractivity contribution in [2.45, 2.75) is 12.7 Å². The minimum absolute atomic E-state index is 0.216. The van der Waals surface area contributed by atoms with Gasteiger partial charge in [-0.2, -0.15) is 13.2 Å². The highest BCUT2D eigenvalue weighted by molar-refractivity contribution is 9.10. The van der Waals surface area contributed by atoms with Gasteiger partial charge in [-0.25, -0.2) is 0 Å². The van der Waals surface area contributed by atoms with E-state index in [1.165, 1.54) is 18.2 Å². The Labute approximate surface area is 129 Å². The maximum Gasteiger partial charge on any atom is 0.419 e. The number of halogens is 4. The Kier molecular flexibility index (Phi) is 4.90. The number of ether oxygens (including phenoxy) is 1. The summed E-state index contributed by atoms with van der Waals surface area (Å²) in [4.78, 5) is 0. The monoisotopic (exact) mass is 359 g/mol. The number of benzene rings is 2. The summed E-state index contributed by atoms with van der Waals surface area (Å²) in [6.07, 6.45) is -4.45. The maximum absolute atomic E-state index is 12.9. The molecule has 0 amide bonds. The van der Waals surface area contributed by atoms with Crippen LogP contribution in [0.5, 0.6) is 11.5 Å². The molecule has 0 atom stereocenters. The zero-order chi connectivity index (χ0) is 15.5. The summed E-state index contributed by atoms with van der Waals surface area (Å²) in [6.45, 7) is 0.665. The molecule has 0 unspecified atom stereocenters. The quantitative estimate of drug-likeness (QED) is 0.831. The van der Waals surface area contributed by atoms with Crippen LogP contribution in [-0.4, -0.2) is 7.05 Å². The lowest BCUT2D eigenvalue weighted by atomic mass is 10.2. The first-order valence-corrected chi connectivity index (χ1v) is 6.98. The van der Waals surface area contributed by atoms with Crippen LogP contribution >= 0.6 is 15.9 Å². The van der Waals surface area contributed by atoms with E-state index in [1.54, 1.807) is 12.1 Å². The first-order valence-electron chi connectivity index (χ1n) is 6.19. The molecule has 0 aliphatic heterocycles. The average molecular weight is 360 g/mol. The van der Waals surface area contributed by atoms with E-state index in [2.05, 4.69) is 21.2 Å². The molecule has 6 heteroatoms. The molecule has 0 saturated heterocycles. The van der Waals surface area contributed by atoms with Crippen LogP contribution in [0.1, 0.15) is 11.1 Å². The first-order chi connectivity index (χ1) is 9.91. The predicted molar refractivity (Wildman–Crippen MR) is 78.4 cm³/mol. The smallest absolute Gasteiger partial charge is 0.419 e. The van der Waals surface area contributed by atoms with Gasteiger partial charge in [0, 0.05) is 6.54 Å². The van der Waals surface area contributed by atoms with Crippen LogP contribution < -0.4 is 10.1 Å². The summed E-state index contributed by atoms with van der Waals surface area (Å²) in [5.74, 6) is 0.124. The molecule has 0 fully saturated rings. The number of nitrogens with one attached hydrogen (secondary N) is 1. The Balaban J connectivity index is 2.31. The van der Waals surface area contributed by atoms with E-state index in [9.17, 15) is 13.2 Å². The van der Waals surface area contributed by atoms with Crippen molar-refractivity contribution in [3.05, 3.63) is 58.1 Å². The number of rotatable bonds is 4. The minimum Gasteiger partial charge on any atom is -0.456 e. The first kappa shape index (κ1) is 15.9. The fraction of sp³-hybridized carbons (Fsp3) is 0.200. The summed E-state index contributed by atoms with van der Waals surface area (Å²) in [7, 11) is 1.82. The van der Waals surface area contributed by atoms with Crippen molar-refractivity contribution in [2.24, 2.45) is 0 Å². The van der Waals surface area contributed by atoms with Crippen LogP contribution in [0, 0.1) is 0 Å². The molecule has 0 aliphatic rings. The molecule has 0 saturated carbocycles. The van der Waals surface area contributed by atoms with Crippen molar-refractivity contribution in [3.63, 3.8) is 0 Å². The van der Waals surface area contributed by atoms with Crippen molar-refractivity contribution in [1.29, 1.82) is 0 Å². The van der Waals surface area contributed by atoms with Gasteiger partial charge in [0.25, 0.3) is 0 Å². The van der Waals surface area contributed by atoms with Crippen LogP contribution in [0.4, 0.5) is 13.2 Å². The second-order valence-electron chi connectivity index (χ2n) is 4.39. The third-order valence-corrected chi connectivity index (χ3v) is 3.41. The van der Waals surface area contributed by atoms with Gasteiger partial charge in [-0.3, -0.25) is 0 Å². The zero-order valence-electron chi connectivity index (χ0n) is 11.2. The number of hydrogen-bond acceptors (Lipinski definition) is 2. The van der Waals surface area contributed by atoms with Crippen LogP contribution in [0.25, 0.3) is 0 Å². The van der Waals surface area contributed by atoms with Crippen molar-refractivity contribution in [3.8, 4) is 11.5 Å². The lowest BCUT2D eigenvalue weighted by Gasteiger charge is -2.14. The Morgan fingerprint density at radius 1 is 1.10 bits per heavy atom. The summed E-state index contributed by atoms with van der Waals surface area (Å²) >= 11 is 3.32. The van der Waals surface area contributed by atoms with Gasteiger partial charge in [-0.15, -0.1) is 0 Å². The fourth-order valence-corrected chi connectivity index (χ4v) is 2.36. The largest absolute Gasteiger partial charge is 0.456 e. The van der Waals surface area contributed by atoms with E-state index >= 15 is 0 Å².